The van der Waals surface area contributed by atoms with Crippen LogP contribution in [0.4, 0.5) is 4.39 Å². The topological polar surface area (TPSA) is 12.0 Å². The van der Waals surface area contributed by atoms with Crippen LogP contribution < -0.4 is 5.32 Å². The Balaban J connectivity index is 2.16. The molecule has 0 saturated heterocycles. The summed E-state index contributed by atoms with van der Waals surface area (Å²) < 4.78 is 13.8. The smallest absolute Gasteiger partial charge is 0.128 e. The summed E-state index contributed by atoms with van der Waals surface area (Å²) in [5.74, 6) is -0.164. The molecule has 16 heavy (non-hydrogen) atoms. The van der Waals surface area contributed by atoms with E-state index in [-0.39, 0.29) is 11.2 Å². The number of rotatable bonds is 5. The van der Waals surface area contributed by atoms with Crippen molar-refractivity contribution >= 4 is 11.6 Å². The molecular weight excluding hydrogens is 225 g/mol. The van der Waals surface area contributed by atoms with Crippen LogP contribution in [0.5, 0.6) is 0 Å². The van der Waals surface area contributed by atoms with Gasteiger partial charge in [0.1, 0.15) is 5.82 Å². The molecule has 1 nitrogen and oxygen atoms in total. The van der Waals surface area contributed by atoms with Crippen LogP contribution in [0.2, 0.25) is 5.02 Å². The van der Waals surface area contributed by atoms with Crippen molar-refractivity contribution in [3.63, 3.8) is 0 Å². The maximum atomic E-state index is 13.8. The summed E-state index contributed by atoms with van der Waals surface area (Å²) in [5, 5.41) is 3.93. The zero-order valence-electron chi connectivity index (χ0n) is 9.52. The van der Waals surface area contributed by atoms with Gasteiger partial charge in [-0.15, -0.1) is 0 Å². The first-order chi connectivity index (χ1) is 7.69. The Labute approximate surface area is 101 Å². The van der Waals surface area contributed by atoms with Crippen molar-refractivity contribution in [3.05, 3.63) is 34.6 Å². The molecule has 0 aromatic heterocycles. The average molecular weight is 242 g/mol. The molecule has 0 bridgehead atoms. The summed E-state index contributed by atoms with van der Waals surface area (Å²) in [6.45, 7) is 3.94. The Hall–Kier alpha value is -0.600. The van der Waals surface area contributed by atoms with Crippen LogP contribution >= 0.6 is 11.6 Å². The largest absolute Gasteiger partial charge is 0.316 e. The molecule has 2 rings (SSSR count). The lowest BCUT2D eigenvalue weighted by atomic mass is 9.95. The lowest BCUT2D eigenvalue weighted by Crippen LogP contribution is -2.28. The Bertz CT molecular complexity index is 354. The summed E-state index contributed by atoms with van der Waals surface area (Å²) in [7, 11) is 0. The minimum atomic E-state index is -0.164. The van der Waals surface area contributed by atoms with Crippen molar-refractivity contribution in [1.29, 1.82) is 0 Å². The Morgan fingerprint density at radius 1 is 1.44 bits per heavy atom. The Morgan fingerprint density at radius 2 is 2.19 bits per heavy atom. The van der Waals surface area contributed by atoms with E-state index in [1.807, 2.05) is 0 Å². The molecule has 0 amide bonds. The van der Waals surface area contributed by atoms with Gasteiger partial charge in [-0.05, 0) is 37.9 Å². The molecule has 1 N–H and O–H groups in total. The number of halogens is 2. The first kappa shape index (κ1) is 11.9. The van der Waals surface area contributed by atoms with Crippen LogP contribution in [0.15, 0.2) is 18.2 Å². The molecule has 1 aromatic rings. The SMILES string of the molecule is CCCNCC1(c2c(F)cccc2Cl)CC1. The number of nitrogens with one attached hydrogen (secondary N) is 1. The fourth-order valence-corrected chi connectivity index (χ4v) is 2.54. The molecule has 0 heterocycles. The number of hydrogen-bond acceptors (Lipinski definition) is 1. The van der Waals surface area contributed by atoms with E-state index in [0.29, 0.717) is 10.6 Å². The second kappa shape index (κ2) is 4.72. The van der Waals surface area contributed by atoms with Gasteiger partial charge in [-0.1, -0.05) is 24.6 Å². The van der Waals surface area contributed by atoms with E-state index in [0.717, 1.165) is 32.4 Å². The quantitative estimate of drug-likeness (QED) is 0.778. The average Bonchev–Trinajstić information content (AvgIpc) is 2.99. The molecule has 1 fully saturated rings. The maximum Gasteiger partial charge on any atom is 0.128 e. The van der Waals surface area contributed by atoms with Gasteiger partial charge >= 0.3 is 0 Å². The molecule has 1 aliphatic carbocycles. The fourth-order valence-electron chi connectivity index (χ4n) is 2.17. The molecule has 0 atom stereocenters. The number of hydrogen-bond donors (Lipinski definition) is 1. The third kappa shape index (κ3) is 2.23. The molecule has 3 heteroatoms. The van der Waals surface area contributed by atoms with Crippen LogP contribution in [0.1, 0.15) is 31.7 Å². The van der Waals surface area contributed by atoms with Crippen molar-refractivity contribution < 1.29 is 4.39 Å². The Kier molecular flexibility index (Phi) is 3.50. The van der Waals surface area contributed by atoms with Gasteiger partial charge in [0, 0.05) is 22.5 Å². The van der Waals surface area contributed by atoms with Crippen molar-refractivity contribution in [2.45, 2.75) is 31.6 Å². The van der Waals surface area contributed by atoms with Crippen LogP contribution in [0, 0.1) is 5.82 Å². The highest BCUT2D eigenvalue weighted by Crippen LogP contribution is 2.50. The van der Waals surface area contributed by atoms with Gasteiger partial charge in [0.15, 0.2) is 0 Å². The van der Waals surface area contributed by atoms with Crippen molar-refractivity contribution in [1.82, 2.24) is 5.32 Å². The van der Waals surface area contributed by atoms with E-state index in [1.165, 1.54) is 6.07 Å². The van der Waals surface area contributed by atoms with Crippen molar-refractivity contribution in [2.75, 3.05) is 13.1 Å². The molecule has 88 valence electrons. The minimum Gasteiger partial charge on any atom is -0.316 e. The second-order valence-electron chi connectivity index (χ2n) is 4.55. The predicted molar refractivity (Wildman–Crippen MR) is 65.5 cm³/mol. The van der Waals surface area contributed by atoms with E-state index >= 15 is 0 Å². The third-order valence-corrected chi connectivity index (χ3v) is 3.55. The maximum absolute atomic E-state index is 13.8. The minimum absolute atomic E-state index is 0.0441. The summed E-state index contributed by atoms with van der Waals surface area (Å²) in [6, 6.07) is 4.94. The van der Waals surface area contributed by atoms with Crippen LogP contribution in [0.3, 0.4) is 0 Å². The van der Waals surface area contributed by atoms with E-state index in [1.54, 1.807) is 12.1 Å². The standard InChI is InChI=1S/C13H17ClFN/c1-2-8-16-9-13(6-7-13)12-10(14)4-3-5-11(12)15/h3-5,16H,2,6-9H2,1H3. The van der Waals surface area contributed by atoms with Crippen LogP contribution in [0.25, 0.3) is 0 Å². The Morgan fingerprint density at radius 3 is 2.75 bits per heavy atom. The lowest BCUT2D eigenvalue weighted by molar-refractivity contribution is 0.530. The first-order valence-electron chi connectivity index (χ1n) is 5.85. The highest BCUT2D eigenvalue weighted by Gasteiger charge is 2.46. The third-order valence-electron chi connectivity index (χ3n) is 3.24. The van der Waals surface area contributed by atoms with Crippen molar-refractivity contribution in [2.24, 2.45) is 0 Å². The number of benzene rings is 1. The molecule has 0 spiro atoms. The molecular formula is C13H17ClFN. The van der Waals surface area contributed by atoms with Gasteiger partial charge in [-0.2, -0.15) is 0 Å². The van der Waals surface area contributed by atoms with Gasteiger partial charge < -0.3 is 5.32 Å². The van der Waals surface area contributed by atoms with Gasteiger partial charge in [0.25, 0.3) is 0 Å². The van der Waals surface area contributed by atoms with Crippen LogP contribution in [-0.2, 0) is 5.41 Å². The van der Waals surface area contributed by atoms with Crippen LogP contribution in [-0.4, -0.2) is 13.1 Å². The predicted octanol–water partition coefficient (Wildman–Crippen LogP) is 3.51. The van der Waals surface area contributed by atoms with E-state index in [4.69, 9.17) is 11.6 Å². The van der Waals surface area contributed by atoms with Gasteiger partial charge in [0.05, 0.1) is 0 Å². The summed E-state index contributed by atoms with van der Waals surface area (Å²) in [4.78, 5) is 0. The zero-order valence-corrected chi connectivity index (χ0v) is 10.3. The highest BCUT2D eigenvalue weighted by molar-refractivity contribution is 6.31. The lowest BCUT2D eigenvalue weighted by Gasteiger charge is -2.18. The second-order valence-corrected chi connectivity index (χ2v) is 4.96. The molecule has 1 saturated carbocycles. The first-order valence-corrected chi connectivity index (χ1v) is 6.22. The summed E-state index contributed by atoms with van der Waals surface area (Å²) >= 11 is 6.10. The van der Waals surface area contributed by atoms with Gasteiger partial charge in [-0.3, -0.25) is 0 Å². The van der Waals surface area contributed by atoms with E-state index in [2.05, 4.69) is 12.2 Å². The van der Waals surface area contributed by atoms with Gasteiger partial charge in [0.2, 0.25) is 0 Å². The molecule has 1 aromatic carbocycles. The normalized spacial score (nSPS) is 17.4. The monoisotopic (exact) mass is 241 g/mol. The molecule has 0 unspecified atom stereocenters. The zero-order chi connectivity index (χ0) is 11.6. The molecule has 1 aliphatic rings. The van der Waals surface area contributed by atoms with Gasteiger partial charge in [-0.25, -0.2) is 4.39 Å². The van der Waals surface area contributed by atoms with E-state index in [9.17, 15) is 4.39 Å². The van der Waals surface area contributed by atoms with E-state index < -0.39 is 0 Å². The fraction of sp³-hybridized carbons (Fsp3) is 0.538. The summed E-state index contributed by atoms with van der Waals surface area (Å²) in [5.41, 5.74) is 0.665. The van der Waals surface area contributed by atoms with Crippen molar-refractivity contribution in [3.8, 4) is 0 Å². The molecule has 0 radical (unpaired) electrons. The summed E-state index contributed by atoms with van der Waals surface area (Å²) in [6.07, 6.45) is 3.16. The highest BCUT2D eigenvalue weighted by atomic mass is 35.5. The molecule has 0 aliphatic heterocycles.